The molecule has 2 heterocycles. The van der Waals surface area contributed by atoms with E-state index in [1.54, 1.807) is 31.4 Å². The van der Waals surface area contributed by atoms with Gasteiger partial charge < -0.3 is 20.3 Å². The van der Waals surface area contributed by atoms with Crippen molar-refractivity contribution in [3.05, 3.63) is 34.3 Å². The summed E-state index contributed by atoms with van der Waals surface area (Å²) in [4.78, 5) is 26.8. The second-order valence-corrected chi connectivity index (χ2v) is 8.35. The van der Waals surface area contributed by atoms with Gasteiger partial charge in [-0.25, -0.2) is 0 Å². The summed E-state index contributed by atoms with van der Waals surface area (Å²) < 4.78 is 5.10. The molecule has 2 amide bonds. The first-order valence-corrected chi connectivity index (χ1v) is 11.2. The second kappa shape index (κ2) is 11.6. The standard InChI is InChI=1S/C21H29N5O3S/c1-29-17-8-6-16(7-9-17)23-20(28)21-25-24-19(30-21)11-10-18(27)22-12-15-26-13-4-2-3-5-14-26/h6-9H,2-5,10-15H2,1H3,(H,22,27)(H,23,28). The predicted octanol–water partition coefficient (Wildman–Crippen LogP) is 2.72. The van der Waals surface area contributed by atoms with Crippen molar-refractivity contribution >= 4 is 28.8 Å². The van der Waals surface area contributed by atoms with Crippen molar-refractivity contribution in [3.8, 4) is 5.75 Å². The molecular weight excluding hydrogens is 402 g/mol. The monoisotopic (exact) mass is 431 g/mol. The summed E-state index contributed by atoms with van der Waals surface area (Å²) in [6.07, 6.45) is 5.94. The molecule has 0 atom stereocenters. The van der Waals surface area contributed by atoms with E-state index in [-0.39, 0.29) is 16.8 Å². The number of aromatic nitrogens is 2. The largest absolute Gasteiger partial charge is 0.497 e. The zero-order chi connectivity index (χ0) is 21.2. The maximum absolute atomic E-state index is 12.3. The van der Waals surface area contributed by atoms with E-state index < -0.39 is 0 Å². The number of hydrogen-bond donors (Lipinski definition) is 2. The summed E-state index contributed by atoms with van der Waals surface area (Å²) in [5.41, 5.74) is 0.654. The molecule has 0 radical (unpaired) electrons. The molecule has 162 valence electrons. The van der Waals surface area contributed by atoms with Gasteiger partial charge >= 0.3 is 0 Å². The summed E-state index contributed by atoms with van der Waals surface area (Å²) in [7, 11) is 1.59. The minimum absolute atomic E-state index is 0.00394. The quantitative estimate of drug-likeness (QED) is 0.634. The van der Waals surface area contributed by atoms with Crippen molar-refractivity contribution in [2.45, 2.75) is 38.5 Å². The van der Waals surface area contributed by atoms with Crippen LogP contribution >= 0.6 is 11.3 Å². The summed E-state index contributed by atoms with van der Waals surface area (Å²) in [5.74, 6) is 0.408. The topological polar surface area (TPSA) is 96.5 Å². The number of hydrogen-bond acceptors (Lipinski definition) is 7. The fraction of sp³-hybridized carbons (Fsp3) is 0.524. The predicted molar refractivity (Wildman–Crippen MR) is 117 cm³/mol. The van der Waals surface area contributed by atoms with Crippen molar-refractivity contribution < 1.29 is 14.3 Å². The molecule has 2 aromatic rings. The molecule has 2 N–H and O–H groups in total. The van der Waals surface area contributed by atoms with Gasteiger partial charge in [-0.2, -0.15) is 0 Å². The zero-order valence-corrected chi connectivity index (χ0v) is 18.2. The van der Waals surface area contributed by atoms with Gasteiger partial charge in [-0.1, -0.05) is 24.2 Å². The molecule has 0 aliphatic carbocycles. The van der Waals surface area contributed by atoms with Crippen molar-refractivity contribution in [2.75, 3.05) is 38.6 Å². The molecule has 0 spiro atoms. The highest BCUT2D eigenvalue weighted by Crippen LogP contribution is 2.17. The van der Waals surface area contributed by atoms with Crippen LogP contribution in [0.5, 0.6) is 5.75 Å². The lowest BCUT2D eigenvalue weighted by Gasteiger charge is -2.19. The van der Waals surface area contributed by atoms with E-state index in [2.05, 4.69) is 25.7 Å². The Bertz CT molecular complexity index is 816. The van der Waals surface area contributed by atoms with E-state index in [0.717, 1.165) is 25.4 Å². The number of carbonyl (C=O) groups is 2. The van der Waals surface area contributed by atoms with Gasteiger partial charge in [-0.05, 0) is 50.2 Å². The zero-order valence-electron chi connectivity index (χ0n) is 17.4. The number of rotatable bonds is 9. The van der Waals surface area contributed by atoms with Crippen LogP contribution in [-0.4, -0.2) is 60.2 Å². The molecule has 1 fully saturated rings. The Kier molecular flexibility index (Phi) is 8.58. The Morgan fingerprint density at radius 3 is 2.53 bits per heavy atom. The van der Waals surface area contributed by atoms with Crippen LogP contribution in [0.25, 0.3) is 0 Å². The highest BCUT2D eigenvalue weighted by atomic mass is 32.1. The van der Waals surface area contributed by atoms with Crippen LogP contribution in [0.4, 0.5) is 5.69 Å². The highest BCUT2D eigenvalue weighted by molar-refractivity contribution is 7.13. The molecular formula is C21H29N5O3S. The summed E-state index contributed by atoms with van der Waals surface area (Å²) in [6.45, 7) is 3.83. The Hall–Kier alpha value is -2.52. The third kappa shape index (κ3) is 7.07. The molecule has 1 aromatic heterocycles. The lowest BCUT2D eigenvalue weighted by Crippen LogP contribution is -2.35. The van der Waals surface area contributed by atoms with Crippen LogP contribution in [0, 0.1) is 0 Å². The maximum Gasteiger partial charge on any atom is 0.286 e. The molecule has 1 aliphatic rings. The molecule has 0 bridgehead atoms. The summed E-state index contributed by atoms with van der Waals surface area (Å²) in [5, 5.41) is 14.7. The molecule has 0 saturated carbocycles. The number of benzene rings is 1. The minimum atomic E-state index is -0.314. The van der Waals surface area contributed by atoms with Crippen LogP contribution in [0.3, 0.4) is 0 Å². The van der Waals surface area contributed by atoms with Crippen LogP contribution in [-0.2, 0) is 11.2 Å². The highest BCUT2D eigenvalue weighted by Gasteiger charge is 2.14. The average Bonchev–Trinajstić information content (AvgIpc) is 3.09. The molecule has 1 aromatic carbocycles. The number of nitrogens with one attached hydrogen (secondary N) is 2. The third-order valence-corrected chi connectivity index (χ3v) is 6.01. The SMILES string of the molecule is COc1ccc(NC(=O)c2nnc(CCC(=O)NCCN3CCCCCC3)s2)cc1. The first-order valence-electron chi connectivity index (χ1n) is 10.4. The summed E-state index contributed by atoms with van der Waals surface area (Å²) in [6, 6.07) is 7.06. The molecule has 8 nitrogen and oxygen atoms in total. The van der Waals surface area contributed by atoms with E-state index in [1.165, 1.54) is 37.0 Å². The van der Waals surface area contributed by atoms with E-state index in [0.29, 0.717) is 30.1 Å². The van der Waals surface area contributed by atoms with Crippen molar-refractivity contribution in [1.29, 1.82) is 0 Å². The smallest absolute Gasteiger partial charge is 0.286 e. The second-order valence-electron chi connectivity index (χ2n) is 7.29. The van der Waals surface area contributed by atoms with Crippen molar-refractivity contribution in [2.24, 2.45) is 0 Å². The van der Waals surface area contributed by atoms with Gasteiger partial charge in [0.15, 0.2) is 0 Å². The fourth-order valence-corrected chi connectivity index (χ4v) is 4.06. The van der Waals surface area contributed by atoms with Gasteiger partial charge in [0.05, 0.1) is 7.11 Å². The van der Waals surface area contributed by atoms with Crippen molar-refractivity contribution in [1.82, 2.24) is 20.4 Å². The Labute approximate surface area is 181 Å². The van der Waals surface area contributed by atoms with Gasteiger partial charge in [0, 0.05) is 31.6 Å². The van der Waals surface area contributed by atoms with Gasteiger partial charge in [-0.15, -0.1) is 10.2 Å². The molecule has 1 saturated heterocycles. The van der Waals surface area contributed by atoms with Crippen LogP contribution < -0.4 is 15.4 Å². The Balaban J connectivity index is 1.37. The van der Waals surface area contributed by atoms with E-state index in [4.69, 9.17) is 4.74 Å². The minimum Gasteiger partial charge on any atom is -0.497 e. The maximum atomic E-state index is 12.3. The average molecular weight is 432 g/mol. The number of likely N-dealkylation sites (tertiary alicyclic amines) is 1. The van der Waals surface area contributed by atoms with Crippen molar-refractivity contribution in [3.63, 3.8) is 0 Å². The lowest BCUT2D eigenvalue weighted by atomic mass is 10.2. The number of nitrogens with zero attached hydrogens (tertiary/aromatic N) is 3. The number of carbonyl (C=O) groups excluding carboxylic acids is 2. The van der Waals surface area contributed by atoms with E-state index >= 15 is 0 Å². The van der Waals surface area contributed by atoms with Gasteiger partial charge in [-0.3, -0.25) is 9.59 Å². The molecule has 30 heavy (non-hydrogen) atoms. The van der Waals surface area contributed by atoms with Gasteiger partial charge in [0.25, 0.3) is 5.91 Å². The molecule has 3 rings (SSSR count). The number of amides is 2. The van der Waals surface area contributed by atoms with E-state index in [1.807, 2.05) is 0 Å². The summed E-state index contributed by atoms with van der Waals surface area (Å²) >= 11 is 1.21. The Morgan fingerprint density at radius 1 is 1.10 bits per heavy atom. The molecule has 1 aliphatic heterocycles. The number of ether oxygens (including phenoxy) is 1. The first-order chi connectivity index (χ1) is 14.6. The number of anilines is 1. The molecule has 9 heteroatoms. The van der Waals surface area contributed by atoms with E-state index in [9.17, 15) is 9.59 Å². The lowest BCUT2D eigenvalue weighted by molar-refractivity contribution is -0.121. The first kappa shape index (κ1) is 22.2. The number of methoxy groups -OCH3 is 1. The molecule has 0 unspecified atom stereocenters. The fourth-order valence-electron chi connectivity index (χ4n) is 3.33. The van der Waals surface area contributed by atoms with Crippen LogP contribution in [0.2, 0.25) is 0 Å². The normalized spacial score (nSPS) is 14.7. The Morgan fingerprint density at radius 2 is 1.83 bits per heavy atom. The number of aryl methyl sites for hydroxylation is 1. The van der Waals surface area contributed by atoms with Gasteiger partial charge in [0.1, 0.15) is 10.8 Å². The van der Waals surface area contributed by atoms with Gasteiger partial charge in [0.2, 0.25) is 10.9 Å². The van der Waals surface area contributed by atoms with Crippen LogP contribution in [0.1, 0.15) is 46.9 Å². The third-order valence-electron chi connectivity index (χ3n) is 5.02. The van der Waals surface area contributed by atoms with Crippen LogP contribution in [0.15, 0.2) is 24.3 Å².